The second kappa shape index (κ2) is 8.24. The normalized spacial score (nSPS) is 11.8. The van der Waals surface area contributed by atoms with Crippen molar-refractivity contribution in [2.24, 2.45) is 4.99 Å². The quantitative estimate of drug-likeness (QED) is 0.354. The Bertz CT molecular complexity index is 774. The molecule has 24 heavy (non-hydrogen) atoms. The average molecular weight is 324 g/mol. The molecule has 126 valence electrons. The number of guanidine groups is 1. The van der Waals surface area contributed by atoms with E-state index in [1.807, 2.05) is 12.1 Å². The molecule has 0 saturated heterocycles. The van der Waals surface area contributed by atoms with Crippen LogP contribution in [-0.4, -0.2) is 24.0 Å². The van der Waals surface area contributed by atoms with Gasteiger partial charge in [-0.2, -0.15) is 0 Å². The van der Waals surface area contributed by atoms with Crippen molar-refractivity contribution in [2.75, 3.05) is 13.1 Å². The molecule has 3 N–H and O–H groups in total. The van der Waals surface area contributed by atoms with Crippen LogP contribution in [0.5, 0.6) is 0 Å². The molecular weight excluding hydrogens is 300 g/mol. The molecule has 0 radical (unpaired) electrons. The summed E-state index contributed by atoms with van der Waals surface area (Å²) in [5, 5.41) is 7.96. The number of nitrogens with one attached hydrogen (secondary N) is 3. The SMILES string of the molecule is CCNC(=NCc1ccco1)NCCCc1c[nH]c2ccccc12. The van der Waals surface area contributed by atoms with E-state index in [1.54, 1.807) is 6.26 Å². The number of rotatable bonds is 7. The number of hydrogen-bond acceptors (Lipinski definition) is 2. The smallest absolute Gasteiger partial charge is 0.191 e. The second-order valence-corrected chi connectivity index (χ2v) is 5.66. The Labute approximate surface area is 142 Å². The van der Waals surface area contributed by atoms with Gasteiger partial charge in [-0.3, -0.25) is 0 Å². The lowest BCUT2D eigenvalue weighted by molar-refractivity contribution is 0.512. The first-order valence-electron chi connectivity index (χ1n) is 8.46. The van der Waals surface area contributed by atoms with Crippen LogP contribution in [0.25, 0.3) is 10.9 Å². The fourth-order valence-corrected chi connectivity index (χ4v) is 2.73. The van der Waals surface area contributed by atoms with E-state index in [4.69, 9.17) is 4.42 Å². The summed E-state index contributed by atoms with van der Waals surface area (Å²) in [6.45, 7) is 4.33. The molecule has 0 aliphatic carbocycles. The zero-order chi connectivity index (χ0) is 16.6. The van der Waals surface area contributed by atoms with Gasteiger partial charge in [0.25, 0.3) is 0 Å². The molecule has 0 spiro atoms. The molecule has 0 saturated carbocycles. The number of aromatic nitrogens is 1. The Balaban J connectivity index is 1.49. The molecule has 0 aliphatic rings. The Hall–Kier alpha value is -2.69. The van der Waals surface area contributed by atoms with E-state index in [0.29, 0.717) is 6.54 Å². The maximum Gasteiger partial charge on any atom is 0.191 e. The fraction of sp³-hybridized carbons (Fsp3) is 0.316. The maximum absolute atomic E-state index is 5.31. The van der Waals surface area contributed by atoms with E-state index in [9.17, 15) is 0 Å². The van der Waals surface area contributed by atoms with E-state index in [1.165, 1.54) is 16.5 Å². The highest BCUT2D eigenvalue weighted by Gasteiger charge is 2.03. The van der Waals surface area contributed by atoms with Gasteiger partial charge in [0.1, 0.15) is 12.3 Å². The minimum Gasteiger partial charge on any atom is -0.467 e. The standard InChI is InChI=1S/C19H24N4O/c1-2-20-19(23-14-16-8-6-12-24-16)21-11-5-7-15-13-22-18-10-4-3-9-17(15)18/h3-4,6,8-10,12-13,22H,2,5,7,11,14H2,1H3,(H2,20,21,23). The number of furan rings is 1. The van der Waals surface area contributed by atoms with Crippen LogP contribution in [0.3, 0.4) is 0 Å². The molecule has 5 heteroatoms. The molecule has 1 aromatic carbocycles. The zero-order valence-electron chi connectivity index (χ0n) is 14.0. The van der Waals surface area contributed by atoms with Crippen molar-refractivity contribution >= 4 is 16.9 Å². The molecule has 3 rings (SSSR count). The van der Waals surface area contributed by atoms with Crippen LogP contribution in [0.1, 0.15) is 24.7 Å². The van der Waals surface area contributed by atoms with Gasteiger partial charge in [-0.25, -0.2) is 4.99 Å². The number of para-hydroxylation sites is 1. The monoisotopic (exact) mass is 324 g/mol. The van der Waals surface area contributed by atoms with Crippen LogP contribution in [0.4, 0.5) is 0 Å². The zero-order valence-corrected chi connectivity index (χ0v) is 14.0. The summed E-state index contributed by atoms with van der Waals surface area (Å²) in [5.41, 5.74) is 2.57. The number of H-pyrrole nitrogens is 1. The summed E-state index contributed by atoms with van der Waals surface area (Å²) in [6.07, 6.45) is 5.87. The lowest BCUT2D eigenvalue weighted by atomic mass is 10.1. The largest absolute Gasteiger partial charge is 0.467 e. The summed E-state index contributed by atoms with van der Waals surface area (Å²) in [7, 11) is 0. The first kappa shape index (κ1) is 16.2. The van der Waals surface area contributed by atoms with Gasteiger partial charge < -0.3 is 20.0 Å². The van der Waals surface area contributed by atoms with Gasteiger partial charge in [0.05, 0.1) is 6.26 Å². The van der Waals surface area contributed by atoms with Crippen LogP contribution in [-0.2, 0) is 13.0 Å². The first-order chi connectivity index (χ1) is 11.9. The summed E-state index contributed by atoms with van der Waals surface area (Å²) in [6, 6.07) is 12.2. The topological polar surface area (TPSA) is 65.3 Å². The lowest BCUT2D eigenvalue weighted by Gasteiger charge is -2.10. The summed E-state index contributed by atoms with van der Waals surface area (Å²) in [4.78, 5) is 7.86. The van der Waals surface area contributed by atoms with E-state index >= 15 is 0 Å². The molecule has 5 nitrogen and oxygen atoms in total. The number of benzene rings is 1. The molecule has 0 fully saturated rings. The molecule has 0 atom stereocenters. The van der Waals surface area contributed by atoms with Crippen LogP contribution < -0.4 is 10.6 Å². The summed E-state index contributed by atoms with van der Waals surface area (Å²) < 4.78 is 5.31. The van der Waals surface area contributed by atoms with Crippen molar-refractivity contribution in [2.45, 2.75) is 26.3 Å². The number of fused-ring (bicyclic) bond motifs is 1. The number of hydrogen-bond donors (Lipinski definition) is 3. The molecule has 0 unspecified atom stereocenters. The predicted octanol–water partition coefficient (Wildman–Crippen LogP) is 3.45. The molecular formula is C19H24N4O. The third-order valence-corrected chi connectivity index (χ3v) is 3.91. The van der Waals surface area contributed by atoms with Gasteiger partial charge in [0.2, 0.25) is 0 Å². The highest BCUT2D eigenvalue weighted by atomic mass is 16.3. The Morgan fingerprint density at radius 3 is 2.92 bits per heavy atom. The van der Waals surface area contributed by atoms with Crippen molar-refractivity contribution < 1.29 is 4.42 Å². The highest BCUT2D eigenvalue weighted by molar-refractivity contribution is 5.83. The molecule has 3 aromatic rings. The van der Waals surface area contributed by atoms with Gasteiger partial charge in [-0.15, -0.1) is 0 Å². The summed E-state index contributed by atoms with van der Waals surface area (Å²) in [5.74, 6) is 1.69. The van der Waals surface area contributed by atoms with E-state index in [-0.39, 0.29) is 0 Å². The van der Waals surface area contributed by atoms with Gasteiger partial charge in [0.15, 0.2) is 5.96 Å². The van der Waals surface area contributed by atoms with Crippen LogP contribution in [0.15, 0.2) is 58.3 Å². The molecule has 0 amide bonds. The lowest BCUT2D eigenvalue weighted by Crippen LogP contribution is -2.37. The number of aryl methyl sites for hydroxylation is 1. The number of aromatic amines is 1. The minimum absolute atomic E-state index is 0.546. The highest BCUT2D eigenvalue weighted by Crippen LogP contribution is 2.18. The summed E-state index contributed by atoms with van der Waals surface area (Å²) >= 11 is 0. The molecule has 2 aromatic heterocycles. The van der Waals surface area contributed by atoms with Crippen molar-refractivity contribution in [3.05, 3.63) is 60.2 Å². The van der Waals surface area contributed by atoms with Gasteiger partial charge in [0, 0.05) is 30.2 Å². The maximum atomic E-state index is 5.31. The molecule has 0 aliphatic heterocycles. The van der Waals surface area contributed by atoms with E-state index in [2.05, 4.69) is 58.0 Å². The number of aliphatic imine (C=N–C) groups is 1. The number of nitrogens with zero attached hydrogens (tertiary/aromatic N) is 1. The third kappa shape index (κ3) is 4.19. The van der Waals surface area contributed by atoms with Crippen molar-refractivity contribution in [3.8, 4) is 0 Å². The van der Waals surface area contributed by atoms with E-state index in [0.717, 1.165) is 37.7 Å². The van der Waals surface area contributed by atoms with Crippen LogP contribution >= 0.6 is 0 Å². The van der Waals surface area contributed by atoms with Crippen LogP contribution in [0, 0.1) is 0 Å². The predicted molar refractivity (Wildman–Crippen MR) is 98.1 cm³/mol. The third-order valence-electron chi connectivity index (χ3n) is 3.91. The molecule has 0 bridgehead atoms. The molecule has 2 heterocycles. The first-order valence-corrected chi connectivity index (χ1v) is 8.46. The Morgan fingerprint density at radius 1 is 1.17 bits per heavy atom. The second-order valence-electron chi connectivity index (χ2n) is 5.66. The average Bonchev–Trinajstić information content (AvgIpc) is 3.26. The Morgan fingerprint density at radius 2 is 2.08 bits per heavy atom. The van der Waals surface area contributed by atoms with Crippen molar-refractivity contribution in [3.63, 3.8) is 0 Å². The minimum atomic E-state index is 0.546. The van der Waals surface area contributed by atoms with Crippen molar-refractivity contribution in [1.82, 2.24) is 15.6 Å². The van der Waals surface area contributed by atoms with Crippen LogP contribution in [0.2, 0.25) is 0 Å². The van der Waals surface area contributed by atoms with E-state index < -0.39 is 0 Å². The van der Waals surface area contributed by atoms with Crippen molar-refractivity contribution in [1.29, 1.82) is 0 Å². The van der Waals surface area contributed by atoms with Gasteiger partial charge in [-0.05, 0) is 43.5 Å². The fourth-order valence-electron chi connectivity index (χ4n) is 2.73. The Kier molecular flexibility index (Phi) is 5.56. The van der Waals surface area contributed by atoms with Gasteiger partial charge in [-0.1, -0.05) is 18.2 Å². The van der Waals surface area contributed by atoms with Gasteiger partial charge >= 0.3 is 0 Å².